The van der Waals surface area contributed by atoms with Crippen LogP contribution >= 0.6 is 15.9 Å². The van der Waals surface area contributed by atoms with Gasteiger partial charge in [0.2, 0.25) is 0 Å². The molecular formula is C18H17BrN2. The van der Waals surface area contributed by atoms with Crippen molar-refractivity contribution >= 4 is 21.6 Å². The highest BCUT2D eigenvalue weighted by Gasteiger charge is 2.35. The molecule has 0 bridgehead atoms. The van der Waals surface area contributed by atoms with Crippen LogP contribution in [0.15, 0.2) is 53.0 Å². The minimum Gasteiger partial charge on any atom is -0.364 e. The maximum atomic E-state index is 9.91. The summed E-state index contributed by atoms with van der Waals surface area (Å²) in [5.74, 6) is 0. The molecule has 1 aliphatic carbocycles. The van der Waals surface area contributed by atoms with Crippen molar-refractivity contribution in [1.82, 2.24) is 0 Å². The molecule has 0 amide bonds. The van der Waals surface area contributed by atoms with Gasteiger partial charge in [0.25, 0.3) is 0 Å². The lowest BCUT2D eigenvalue weighted by Crippen LogP contribution is -2.34. The molecule has 106 valence electrons. The predicted octanol–water partition coefficient (Wildman–Crippen LogP) is 5.01. The lowest BCUT2D eigenvalue weighted by atomic mass is 9.85. The molecule has 1 unspecified atom stereocenters. The second kappa shape index (κ2) is 5.91. The summed E-state index contributed by atoms with van der Waals surface area (Å²) in [5, 5.41) is 13.4. The Morgan fingerprint density at radius 1 is 1.05 bits per heavy atom. The standard InChI is InChI=1S/C18H17BrN2/c19-15-8-10-16(11-9-15)21-18(13-20)12-4-3-6-14-5-1-2-7-17(14)18/h1-2,5,7-11,21H,3-4,6,12H2. The summed E-state index contributed by atoms with van der Waals surface area (Å²) >= 11 is 3.45. The molecule has 3 heteroatoms. The van der Waals surface area contributed by atoms with Crippen molar-refractivity contribution in [3.05, 3.63) is 64.1 Å². The Bertz CT molecular complexity index is 672. The summed E-state index contributed by atoms with van der Waals surface area (Å²) in [6.45, 7) is 0. The Labute approximate surface area is 133 Å². The van der Waals surface area contributed by atoms with Crippen LogP contribution < -0.4 is 5.32 Å². The highest BCUT2D eigenvalue weighted by Crippen LogP contribution is 2.36. The minimum absolute atomic E-state index is 0.624. The number of nitrogens with zero attached hydrogens (tertiary/aromatic N) is 1. The van der Waals surface area contributed by atoms with E-state index in [1.54, 1.807) is 0 Å². The van der Waals surface area contributed by atoms with E-state index in [9.17, 15) is 5.26 Å². The summed E-state index contributed by atoms with van der Waals surface area (Å²) in [6.07, 6.45) is 4.10. The smallest absolute Gasteiger partial charge is 0.151 e. The number of benzene rings is 2. The summed E-state index contributed by atoms with van der Waals surface area (Å²) in [6, 6.07) is 18.9. The lowest BCUT2D eigenvalue weighted by Gasteiger charge is -2.29. The fourth-order valence-corrected chi connectivity index (χ4v) is 3.31. The highest BCUT2D eigenvalue weighted by atomic mass is 79.9. The Balaban J connectivity index is 2.03. The third-order valence-electron chi connectivity index (χ3n) is 4.12. The number of fused-ring (bicyclic) bond motifs is 1. The van der Waals surface area contributed by atoms with Crippen LogP contribution in [0.3, 0.4) is 0 Å². The van der Waals surface area contributed by atoms with Gasteiger partial charge in [-0.25, -0.2) is 0 Å². The number of aryl methyl sites for hydroxylation is 1. The van der Waals surface area contributed by atoms with Gasteiger partial charge < -0.3 is 5.32 Å². The van der Waals surface area contributed by atoms with Crippen molar-refractivity contribution < 1.29 is 0 Å². The first-order chi connectivity index (χ1) is 10.2. The molecule has 2 aromatic rings. The zero-order chi connectivity index (χ0) is 14.7. The van der Waals surface area contributed by atoms with E-state index >= 15 is 0 Å². The quantitative estimate of drug-likeness (QED) is 0.780. The van der Waals surface area contributed by atoms with Gasteiger partial charge in [-0.1, -0.05) is 40.2 Å². The van der Waals surface area contributed by atoms with Crippen LogP contribution in [-0.2, 0) is 12.0 Å². The van der Waals surface area contributed by atoms with E-state index in [1.807, 2.05) is 30.3 Å². The van der Waals surface area contributed by atoms with Crippen molar-refractivity contribution in [2.24, 2.45) is 0 Å². The number of hydrogen-bond donors (Lipinski definition) is 1. The number of nitrogens with one attached hydrogen (secondary N) is 1. The number of rotatable bonds is 2. The van der Waals surface area contributed by atoms with Crippen LogP contribution in [0.5, 0.6) is 0 Å². The Morgan fingerprint density at radius 2 is 1.81 bits per heavy atom. The molecule has 0 saturated carbocycles. The molecule has 0 fully saturated rings. The molecular weight excluding hydrogens is 324 g/mol. The second-order valence-electron chi connectivity index (χ2n) is 5.51. The molecule has 3 rings (SSSR count). The van der Waals surface area contributed by atoms with Crippen molar-refractivity contribution in [3.8, 4) is 6.07 Å². The molecule has 0 spiro atoms. The lowest BCUT2D eigenvalue weighted by molar-refractivity contribution is 0.547. The Morgan fingerprint density at radius 3 is 2.57 bits per heavy atom. The minimum atomic E-state index is -0.624. The summed E-state index contributed by atoms with van der Waals surface area (Å²) in [5.41, 5.74) is 2.78. The third-order valence-corrected chi connectivity index (χ3v) is 4.65. The largest absolute Gasteiger partial charge is 0.364 e. The molecule has 2 nitrogen and oxygen atoms in total. The van der Waals surface area contributed by atoms with E-state index in [1.165, 1.54) is 5.56 Å². The van der Waals surface area contributed by atoms with Gasteiger partial charge in [0, 0.05) is 10.2 Å². The molecule has 1 atom stereocenters. The first-order valence-corrected chi connectivity index (χ1v) is 8.06. The van der Waals surface area contributed by atoms with E-state index in [4.69, 9.17) is 0 Å². The Kier molecular flexibility index (Phi) is 3.98. The molecule has 2 aromatic carbocycles. The van der Waals surface area contributed by atoms with Crippen molar-refractivity contribution in [2.75, 3.05) is 5.32 Å². The van der Waals surface area contributed by atoms with Gasteiger partial charge in [-0.2, -0.15) is 5.26 Å². The second-order valence-corrected chi connectivity index (χ2v) is 6.43. The van der Waals surface area contributed by atoms with Gasteiger partial charge in [-0.15, -0.1) is 0 Å². The monoisotopic (exact) mass is 340 g/mol. The van der Waals surface area contributed by atoms with E-state index in [0.717, 1.165) is 41.4 Å². The third kappa shape index (κ3) is 2.82. The summed E-state index contributed by atoms with van der Waals surface area (Å²) in [7, 11) is 0. The average Bonchev–Trinajstić information content (AvgIpc) is 2.70. The van der Waals surface area contributed by atoms with Crippen LogP contribution in [-0.4, -0.2) is 0 Å². The number of anilines is 1. The summed E-state index contributed by atoms with van der Waals surface area (Å²) in [4.78, 5) is 0. The predicted molar refractivity (Wildman–Crippen MR) is 89.1 cm³/mol. The van der Waals surface area contributed by atoms with Crippen molar-refractivity contribution in [2.45, 2.75) is 31.2 Å². The van der Waals surface area contributed by atoms with Crippen LogP contribution in [0.2, 0.25) is 0 Å². The van der Waals surface area contributed by atoms with E-state index in [0.29, 0.717) is 0 Å². The van der Waals surface area contributed by atoms with E-state index in [2.05, 4.69) is 45.5 Å². The fourth-order valence-electron chi connectivity index (χ4n) is 3.05. The molecule has 0 radical (unpaired) electrons. The normalized spacial score (nSPS) is 21.0. The van der Waals surface area contributed by atoms with Crippen LogP contribution in [0.25, 0.3) is 0 Å². The topological polar surface area (TPSA) is 35.8 Å². The maximum absolute atomic E-state index is 9.91. The van der Waals surface area contributed by atoms with Crippen molar-refractivity contribution in [3.63, 3.8) is 0 Å². The fraction of sp³-hybridized carbons (Fsp3) is 0.278. The van der Waals surface area contributed by atoms with E-state index in [-0.39, 0.29) is 0 Å². The van der Waals surface area contributed by atoms with Crippen LogP contribution in [0, 0.1) is 11.3 Å². The van der Waals surface area contributed by atoms with Crippen molar-refractivity contribution in [1.29, 1.82) is 5.26 Å². The van der Waals surface area contributed by atoms with E-state index < -0.39 is 5.54 Å². The van der Waals surface area contributed by atoms with Gasteiger partial charge in [-0.3, -0.25) is 0 Å². The molecule has 0 aromatic heterocycles. The molecule has 21 heavy (non-hydrogen) atoms. The SMILES string of the molecule is N#CC1(Nc2ccc(Br)cc2)CCCCc2ccccc21. The van der Waals surface area contributed by atoms with Gasteiger partial charge in [0.15, 0.2) is 5.54 Å². The highest BCUT2D eigenvalue weighted by molar-refractivity contribution is 9.10. The number of hydrogen-bond acceptors (Lipinski definition) is 2. The summed E-state index contributed by atoms with van der Waals surface area (Å²) < 4.78 is 1.04. The molecule has 1 N–H and O–H groups in total. The van der Waals surface area contributed by atoms with Gasteiger partial charge in [0.1, 0.15) is 0 Å². The Hall–Kier alpha value is -1.79. The van der Waals surface area contributed by atoms with Gasteiger partial charge >= 0.3 is 0 Å². The zero-order valence-electron chi connectivity index (χ0n) is 11.8. The number of nitriles is 1. The van der Waals surface area contributed by atoms with Gasteiger partial charge in [-0.05, 0) is 61.1 Å². The zero-order valence-corrected chi connectivity index (χ0v) is 13.4. The molecule has 1 aliphatic rings. The first kappa shape index (κ1) is 14.2. The van der Waals surface area contributed by atoms with Crippen LogP contribution in [0.1, 0.15) is 30.4 Å². The first-order valence-electron chi connectivity index (χ1n) is 7.27. The molecule has 0 heterocycles. The number of halogens is 1. The average molecular weight is 341 g/mol. The maximum Gasteiger partial charge on any atom is 0.151 e. The molecule has 0 saturated heterocycles. The molecule has 0 aliphatic heterocycles. The van der Waals surface area contributed by atoms with Gasteiger partial charge in [0.05, 0.1) is 6.07 Å². The van der Waals surface area contributed by atoms with Crippen LogP contribution in [0.4, 0.5) is 5.69 Å².